The van der Waals surface area contributed by atoms with Crippen molar-refractivity contribution in [1.82, 2.24) is 14.5 Å². The molecule has 0 bridgehead atoms. The summed E-state index contributed by atoms with van der Waals surface area (Å²) in [5.41, 5.74) is 1.04. The lowest BCUT2D eigenvalue weighted by atomic mass is 10.3. The summed E-state index contributed by atoms with van der Waals surface area (Å²) in [5, 5.41) is 1.80. The van der Waals surface area contributed by atoms with Crippen LogP contribution in [0.3, 0.4) is 0 Å². The molecule has 0 spiro atoms. The minimum Gasteiger partial charge on any atom is -0.329 e. The van der Waals surface area contributed by atoms with E-state index >= 15 is 0 Å². The molecule has 0 atom stereocenters. The van der Waals surface area contributed by atoms with Gasteiger partial charge in [-0.1, -0.05) is 35.0 Å². The Morgan fingerprint density at radius 3 is 2.56 bits per heavy atom. The number of hydrogen-bond donors (Lipinski definition) is 0. The summed E-state index contributed by atoms with van der Waals surface area (Å²) in [4.78, 5) is 8.12. The first-order chi connectivity index (χ1) is 7.65. The lowest BCUT2D eigenvalue weighted by Gasteiger charge is -2.03. The van der Waals surface area contributed by atoms with Crippen LogP contribution < -0.4 is 0 Å². The van der Waals surface area contributed by atoms with E-state index in [2.05, 4.69) is 9.97 Å². The number of hydrogen-bond acceptors (Lipinski definition) is 3. The minimum absolute atomic E-state index is 0.419. The quantitative estimate of drug-likeness (QED) is 0.634. The number of aryl methyl sites for hydroxylation is 1. The Labute approximate surface area is 108 Å². The molecule has 6 heteroatoms. The van der Waals surface area contributed by atoms with Crippen molar-refractivity contribution >= 4 is 35.0 Å². The molecule has 84 valence electrons. The second-order valence-electron chi connectivity index (χ2n) is 3.23. The fourth-order valence-corrected chi connectivity index (χ4v) is 2.60. The third-order valence-corrected chi connectivity index (χ3v) is 3.48. The highest BCUT2D eigenvalue weighted by atomic mass is 35.5. The molecule has 3 nitrogen and oxygen atoms in total. The lowest BCUT2D eigenvalue weighted by Crippen LogP contribution is -1.90. The van der Waals surface area contributed by atoms with E-state index in [0.29, 0.717) is 10.3 Å². The van der Waals surface area contributed by atoms with E-state index in [1.807, 2.05) is 29.9 Å². The number of thioether (sulfide) groups is 1. The molecule has 0 aliphatic carbocycles. The molecule has 2 rings (SSSR count). The van der Waals surface area contributed by atoms with Crippen molar-refractivity contribution in [3.05, 3.63) is 40.4 Å². The summed E-state index contributed by atoms with van der Waals surface area (Å²) in [5.74, 6) is 0.771. The predicted molar refractivity (Wildman–Crippen MR) is 67.0 cm³/mol. The van der Waals surface area contributed by atoms with Gasteiger partial charge in [0.2, 0.25) is 0 Å². The van der Waals surface area contributed by atoms with Crippen molar-refractivity contribution in [1.29, 1.82) is 0 Å². The molecule has 0 amide bonds. The van der Waals surface area contributed by atoms with Gasteiger partial charge in [-0.2, -0.15) is 0 Å². The van der Waals surface area contributed by atoms with Gasteiger partial charge < -0.3 is 4.57 Å². The summed E-state index contributed by atoms with van der Waals surface area (Å²) >= 11 is 13.3. The average molecular weight is 274 g/mol. The van der Waals surface area contributed by atoms with Gasteiger partial charge in [-0.3, -0.25) is 0 Å². The number of imidazole rings is 1. The van der Waals surface area contributed by atoms with E-state index in [4.69, 9.17) is 23.2 Å². The van der Waals surface area contributed by atoms with Crippen LogP contribution in [-0.2, 0) is 12.8 Å². The summed E-state index contributed by atoms with van der Waals surface area (Å²) < 4.78 is 1.97. The number of nitrogens with zero attached hydrogens (tertiary/aromatic N) is 3. The van der Waals surface area contributed by atoms with Gasteiger partial charge in [-0.05, 0) is 17.7 Å². The Balaban J connectivity index is 2.07. The first kappa shape index (κ1) is 11.8. The van der Waals surface area contributed by atoms with Crippen LogP contribution in [0.25, 0.3) is 0 Å². The maximum absolute atomic E-state index is 5.82. The first-order valence-electron chi connectivity index (χ1n) is 4.57. The predicted octanol–water partition coefficient (Wildman–Crippen LogP) is 3.41. The van der Waals surface area contributed by atoms with Gasteiger partial charge in [-0.25, -0.2) is 9.97 Å². The first-order valence-corrected chi connectivity index (χ1v) is 6.31. The molecule has 0 saturated carbocycles. The van der Waals surface area contributed by atoms with Gasteiger partial charge in [0.15, 0.2) is 5.16 Å². The molecule has 16 heavy (non-hydrogen) atoms. The van der Waals surface area contributed by atoms with Crippen LogP contribution >= 0.6 is 35.0 Å². The minimum atomic E-state index is 0.419. The van der Waals surface area contributed by atoms with Crippen LogP contribution in [0.4, 0.5) is 0 Å². The van der Waals surface area contributed by atoms with Crippen molar-refractivity contribution in [2.45, 2.75) is 10.9 Å². The fraction of sp³-hybridized carbons (Fsp3) is 0.200. The highest BCUT2D eigenvalue weighted by Crippen LogP contribution is 2.23. The molecule has 0 saturated heterocycles. The fourth-order valence-electron chi connectivity index (χ4n) is 1.24. The Kier molecular flexibility index (Phi) is 3.74. The third-order valence-electron chi connectivity index (χ3n) is 1.97. The lowest BCUT2D eigenvalue weighted by molar-refractivity contribution is 0.790. The second-order valence-corrected chi connectivity index (χ2v) is 4.95. The smallest absolute Gasteiger partial charge is 0.167 e. The van der Waals surface area contributed by atoms with Gasteiger partial charge in [0.1, 0.15) is 10.3 Å². The summed E-state index contributed by atoms with van der Waals surface area (Å²) in [6, 6.07) is 3.62. The van der Waals surface area contributed by atoms with E-state index in [1.54, 1.807) is 18.0 Å². The second kappa shape index (κ2) is 5.08. The van der Waals surface area contributed by atoms with Gasteiger partial charge in [0.05, 0.1) is 0 Å². The number of halogens is 2. The Morgan fingerprint density at radius 1 is 1.31 bits per heavy atom. The maximum atomic E-state index is 5.82. The number of rotatable bonds is 3. The maximum Gasteiger partial charge on any atom is 0.167 e. The standard InChI is InChI=1S/C10H9Cl2N3S/c1-15-3-2-13-10(15)16-6-7-4-8(11)14-9(12)5-7/h2-5H,6H2,1H3. The largest absolute Gasteiger partial charge is 0.329 e. The Morgan fingerprint density at radius 2 is 2.00 bits per heavy atom. The third kappa shape index (κ3) is 2.90. The highest BCUT2D eigenvalue weighted by molar-refractivity contribution is 7.98. The van der Waals surface area contributed by atoms with Crippen molar-refractivity contribution in [3.63, 3.8) is 0 Å². The van der Waals surface area contributed by atoms with Crippen LogP contribution in [0.5, 0.6) is 0 Å². The van der Waals surface area contributed by atoms with Crippen molar-refractivity contribution in [2.24, 2.45) is 7.05 Å². The number of aromatic nitrogens is 3. The van der Waals surface area contributed by atoms with E-state index in [0.717, 1.165) is 16.5 Å². The topological polar surface area (TPSA) is 30.7 Å². The highest BCUT2D eigenvalue weighted by Gasteiger charge is 2.03. The average Bonchev–Trinajstić information content (AvgIpc) is 2.59. The zero-order chi connectivity index (χ0) is 11.5. The summed E-state index contributed by atoms with van der Waals surface area (Å²) in [6.07, 6.45) is 3.68. The van der Waals surface area contributed by atoms with Crippen LogP contribution in [0.2, 0.25) is 10.3 Å². The van der Waals surface area contributed by atoms with Crippen molar-refractivity contribution < 1.29 is 0 Å². The normalized spacial score (nSPS) is 10.7. The van der Waals surface area contributed by atoms with Gasteiger partial charge in [0.25, 0.3) is 0 Å². The van der Waals surface area contributed by atoms with Crippen LogP contribution in [0.1, 0.15) is 5.56 Å². The molecular weight excluding hydrogens is 265 g/mol. The van der Waals surface area contributed by atoms with Gasteiger partial charge in [-0.15, -0.1) is 0 Å². The molecule has 2 aromatic heterocycles. The van der Waals surface area contributed by atoms with Crippen LogP contribution in [-0.4, -0.2) is 14.5 Å². The van der Waals surface area contributed by atoms with Crippen LogP contribution in [0, 0.1) is 0 Å². The zero-order valence-electron chi connectivity index (χ0n) is 8.52. The van der Waals surface area contributed by atoms with E-state index in [1.165, 1.54) is 0 Å². The molecule has 2 aromatic rings. The van der Waals surface area contributed by atoms with Crippen LogP contribution in [0.15, 0.2) is 29.7 Å². The molecule has 0 aliphatic heterocycles. The molecule has 0 aliphatic rings. The summed E-state index contributed by atoms with van der Waals surface area (Å²) in [6.45, 7) is 0. The molecule has 2 heterocycles. The molecular formula is C10H9Cl2N3S. The Bertz CT molecular complexity index is 478. The molecule has 0 unspecified atom stereocenters. The van der Waals surface area contributed by atoms with Crippen molar-refractivity contribution in [3.8, 4) is 0 Å². The molecule has 0 radical (unpaired) electrons. The van der Waals surface area contributed by atoms with E-state index < -0.39 is 0 Å². The molecule has 0 aromatic carbocycles. The van der Waals surface area contributed by atoms with Gasteiger partial charge >= 0.3 is 0 Å². The number of pyridine rings is 1. The zero-order valence-corrected chi connectivity index (χ0v) is 10.9. The van der Waals surface area contributed by atoms with Gasteiger partial charge in [0, 0.05) is 25.2 Å². The monoisotopic (exact) mass is 273 g/mol. The molecule has 0 fully saturated rings. The Hall–Kier alpha value is -0.710. The van der Waals surface area contributed by atoms with E-state index in [-0.39, 0.29) is 0 Å². The SMILES string of the molecule is Cn1ccnc1SCc1cc(Cl)nc(Cl)c1. The van der Waals surface area contributed by atoms with Crippen molar-refractivity contribution in [2.75, 3.05) is 0 Å². The van der Waals surface area contributed by atoms with E-state index in [9.17, 15) is 0 Å². The summed E-state index contributed by atoms with van der Waals surface area (Å²) in [7, 11) is 1.96. The molecule has 0 N–H and O–H groups in total.